The van der Waals surface area contributed by atoms with E-state index in [2.05, 4.69) is 15.7 Å². The Kier molecular flexibility index (Phi) is 2.29. The van der Waals surface area contributed by atoms with Crippen molar-refractivity contribution in [2.45, 2.75) is 31.8 Å². The number of aryl methyl sites for hydroxylation is 1. The maximum atomic E-state index is 5.93. The van der Waals surface area contributed by atoms with Gasteiger partial charge in [-0.3, -0.25) is 0 Å². The molecule has 0 aliphatic carbocycles. The lowest BCUT2D eigenvalue weighted by Crippen LogP contribution is -2.31. The van der Waals surface area contributed by atoms with Crippen molar-refractivity contribution in [3.63, 3.8) is 0 Å². The maximum Gasteiger partial charge on any atom is 0.109 e. The maximum absolute atomic E-state index is 5.93. The third-order valence-electron chi connectivity index (χ3n) is 3.01. The molecule has 0 spiro atoms. The first-order valence-corrected chi connectivity index (χ1v) is 5.64. The van der Waals surface area contributed by atoms with E-state index in [9.17, 15) is 0 Å². The summed E-state index contributed by atoms with van der Waals surface area (Å²) in [5.74, 6) is 2.11. The first-order valence-electron chi connectivity index (χ1n) is 5.64. The molecule has 0 bridgehead atoms. The zero-order valence-corrected chi connectivity index (χ0v) is 9.10. The summed E-state index contributed by atoms with van der Waals surface area (Å²) in [6.45, 7) is 0.889. The second-order valence-corrected chi connectivity index (χ2v) is 4.36. The highest BCUT2D eigenvalue weighted by molar-refractivity contribution is 5.14. The average molecular weight is 217 g/mol. The summed E-state index contributed by atoms with van der Waals surface area (Å²) >= 11 is 0. The molecule has 0 saturated heterocycles. The summed E-state index contributed by atoms with van der Waals surface area (Å²) in [6, 6.07) is 4.16. The summed E-state index contributed by atoms with van der Waals surface area (Å²) in [4.78, 5) is 4.61. The van der Waals surface area contributed by atoms with E-state index >= 15 is 0 Å². The summed E-state index contributed by atoms with van der Waals surface area (Å²) in [7, 11) is 0. The number of rotatable bonds is 2. The SMILES string of the molecule is NC1CCc2nc(Cc3ccco3)cn2C1. The van der Waals surface area contributed by atoms with Crippen LogP contribution in [0.2, 0.25) is 0 Å². The van der Waals surface area contributed by atoms with E-state index in [0.717, 1.165) is 43.1 Å². The van der Waals surface area contributed by atoms with E-state index in [1.807, 2.05) is 12.1 Å². The first kappa shape index (κ1) is 9.66. The number of fused-ring (bicyclic) bond motifs is 1. The molecule has 16 heavy (non-hydrogen) atoms. The lowest BCUT2D eigenvalue weighted by Gasteiger charge is -2.19. The minimum absolute atomic E-state index is 0.276. The van der Waals surface area contributed by atoms with Crippen molar-refractivity contribution in [3.8, 4) is 0 Å². The van der Waals surface area contributed by atoms with Crippen LogP contribution in [0.5, 0.6) is 0 Å². The van der Waals surface area contributed by atoms with Crippen molar-refractivity contribution < 1.29 is 4.42 Å². The number of nitrogens with two attached hydrogens (primary N) is 1. The van der Waals surface area contributed by atoms with Gasteiger partial charge in [-0.25, -0.2) is 4.98 Å². The minimum atomic E-state index is 0.276. The normalized spacial score (nSPS) is 19.7. The van der Waals surface area contributed by atoms with Crippen LogP contribution in [0, 0.1) is 0 Å². The number of hydrogen-bond donors (Lipinski definition) is 1. The number of hydrogen-bond acceptors (Lipinski definition) is 3. The van der Waals surface area contributed by atoms with E-state index in [-0.39, 0.29) is 6.04 Å². The van der Waals surface area contributed by atoms with E-state index in [1.54, 1.807) is 6.26 Å². The van der Waals surface area contributed by atoms with E-state index in [4.69, 9.17) is 10.2 Å². The van der Waals surface area contributed by atoms with Crippen molar-refractivity contribution >= 4 is 0 Å². The van der Waals surface area contributed by atoms with Crippen molar-refractivity contribution in [2.24, 2.45) is 5.73 Å². The molecule has 1 unspecified atom stereocenters. The molecule has 1 atom stereocenters. The van der Waals surface area contributed by atoms with Crippen LogP contribution in [0.15, 0.2) is 29.0 Å². The van der Waals surface area contributed by atoms with Crippen LogP contribution in [0.1, 0.15) is 23.7 Å². The standard InChI is InChI=1S/C12H15N3O/c13-9-3-4-12-14-10(8-15(12)7-9)6-11-2-1-5-16-11/h1-2,5,8-9H,3-4,6-7,13H2. The molecule has 1 aliphatic rings. The predicted octanol–water partition coefficient (Wildman–Crippen LogP) is 1.34. The highest BCUT2D eigenvalue weighted by Gasteiger charge is 2.17. The molecule has 2 N–H and O–H groups in total. The number of imidazole rings is 1. The summed E-state index contributed by atoms with van der Waals surface area (Å²) < 4.78 is 7.49. The Morgan fingerprint density at radius 2 is 2.50 bits per heavy atom. The average Bonchev–Trinajstić information content (AvgIpc) is 2.86. The zero-order chi connectivity index (χ0) is 11.0. The molecule has 4 heteroatoms. The van der Waals surface area contributed by atoms with Gasteiger partial charge >= 0.3 is 0 Å². The Labute approximate surface area is 94.1 Å². The lowest BCUT2D eigenvalue weighted by atomic mass is 10.1. The van der Waals surface area contributed by atoms with Gasteiger partial charge in [-0.05, 0) is 18.6 Å². The third kappa shape index (κ3) is 1.76. The van der Waals surface area contributed by atoms with Gasteiger partial charge in [0.15, 0.2) is 0 Å². The largest absolute Gasteiger partial charge is 0.469 e. The molecule has 2 aromatic heterocycles. The first-order chi connectivity index (χ1) is 7.81. The van der Waals surface area contributed by atoms with E-state index in [0.29, 0.717) is 0 Å². The molecular weight excluding hydrogens is 202 g/mol. The van der Waals surface area contributed by atoms with Crippen LogP contribution < -0.4 is 5.73 Å². The number of furan rings is 1. The van der Waals surface area contributed by atoms with Crippen LogP contribution in [-0.4, -0.2) is 15.6 Å². The van der Waals surface area contributed by atoms with Gasteiger partial charge in [0.25, 0.3) is 0 Å². The third-order valence-corrected chi connectivity index (χ3v) is 3.01. The topological polar surface area (TPSA) is 57.0 Å². The monoisotopic (exact) mass is 217 g/mol. The Morgan fingerprint density at radius 1 is 1.56 bits per heavy atom. The van der Waals surface area contributed by atoms with Crippen LogP contribution in [0.3, 0.4) is 0 Å². The second-order valence-electron chi connectivity index (χ2n) is 4.36. The Bertz CT molecular complexity index is 472. The van der Waals surface area contributed by atoms with Gasteiger partial charge in [0, 0.05) is 31.6 Å². The van der Waals surface area contributed by atoms with E-state index in [1.165, 1.54) is 0 Å². The van der Waals surface area contributed by atoms with Crippen molar-refractivity contribution in [1.29, 1.82) is 0 Å². The Morgan fingerprint density at radius 3 is 3.31 bits per heavy atom. The highest BCUT2D eigenvalue weighted by atomic mass is 16.3. The van der Waals surface area contributed by atoms with Crippen LogP contribution in [-0.2, 0) is 19.4 Å². The van der Waals surface area contributed by atoms with Gasteiger partial charge in [-0.2, -0.15) is 0 Å². The van der Waals surface area contributed by atoms with Crippen LogP contribution in [0.4, 0.5) is 0 Å². The van der Waals surface area contributed by atoms with Gasteiger partial charge < -0.3 is 14.7 Å². The molecule has 0 aromatic carbocycles. The summed E-state index contributed by atoms with van der Waals surface area (Å²) in [5, 5.41) is 0. The van der Waals surface area contributed by atoms with Crippen molar-refractivity contribution in [2.75, 3.05) is 0 Å². The van der Waals surface area contributed by atoms with Crippen LogP contribution in [0.25, 0.3) is 0 Å². The van der Waals surface area contributed by atoms with Crippen molar-refractivity contribution in [3.05, 3.63) is 41.9 Å². The minimum Gasteiger partial charge on any atom is -0.469 e. The summed E-state index contributed by atoms with van der Waals surface area (Å²) in [6.07, 6.45) is 6.58. The fourth-order valence-corrected chi connectivity index (χ4v) is 2.21. The Balaban J connectivity index is 1.82. The quantitative estimate of drug-likeness (QED) is 0.825. The van der Waals surface area contributed by atoms with Gasteiger partial charge in [0.2, 0.25) is 0 Å². The molecule has 1 aliphatic heterocycles. The highest BCUT2D eigenvalue weighted by Crippen LogP contribution is 2.16. The van der Waals surface area contributed by atoms with Crippen molar-refractivity contribution in [1.82, 2.24) is 9.55 Å². The van der Waals surface area contributed by atoms with Gasteiger partial charge in [0.1, 0.15) is 11.6 Å². The zero-order valence-electron chi connectivity index (χ0n) is 9.10. The van der Waals surface area contributed by atoms with Crippen LogP contribution >= 0.6 is 0 Å². The molecule has 0 saturated carbocycles. The fraction of sp³-hybridized carbons (Fsp3) is 0.417. The van der Waals surface area contributed by atoms with Gasteiger partial charge in [-0.1, -0.05) is 0 Å². The number of aromatic nitrogens is 2. The smallest absolute Gasteiger partial charge is 0.109 e. The fourth-order valence-electron chi connectivity index (χ4n) is 2.21. The van der Waals surface area contributed by atoms with Gasteiger partial charge in [0.05, 0.1) is 12.0 Å². The molecule has 0 amide bonds. The number of nitrogens with zero attached hydrogens (tertiary/aromatic N) is 2. The summed E-state index contributed by atoms with van der Waals surface area (Å²) in [5.41, 5.74) is 7.00. The van der Waals surface area contributed by atoms with Gasteiger partial charge in [-0.15, -0.1) is 0 Å². The molecule has 0 radical (unpaired) electrons. The Hall–Kier alpha value is -1.55. The predicted molar refractivity (Wildman–Crippen MR) is 60.0 cm³/mol. The van der Waals surface area contributed by atoms with E-state index < -0.39 is 0 Å². The molecule has 2 aromatic rings. The molecule has 0 fully saturated rings. The molecular formula is C12H15N3O. The second kappa shape index (κ2) is 3.79. The molecule has 84 valence electrons. The lowest BCUT2D eigenvalue weighted by molar-refractivity contribution is 0.453. The molecule has 3 heterocycles. The molecule has 3 rings (SSSR count). The molecule has 4 nitrogen and oxygen atoms in total.